The van der Waals surface area contributed by atoms with E-state index < -0.39 is 28.4 Å². The first-order chi connectivity index (χ1) is 9.84. The van der Waals surface area contributed by atoms with Gasteiger partial charge in [0.2, 0.25) is 0 Å². The van der Waals surface area contributed by atoms with Crippen molar-refractivity contribution in [3.63, 3.8) is 0 Å². The Morgan fingerprint density at radius 3 is 2.05 bits per heavy atom. The summed E-state index contributed by atoms with van der Waals surface area (Å²) in [5, 5.41) is 0. The first-order valence-electron chi connectivity index (χ1n) is 6.10. The summed E-state index contributed by atoms with van der Waals surface area (Å²) in [5.74, 6) is -0.322. The Balaban J connectivity index is 2.06. The van der Waals surface area contributed by atoms with Gasteiger partial charge in [-0.25, -0.2) is 4.39 Å². The molecule has 0 bridgehead atoms. The van der Waals surface area contributed by atoms with E-state index in [1.165, 1.54) is 30.3 Å². The molecule has 0 heterocycles. The van der Waals surface area contributed by atoms with Crippen LogP contribution in [0.25, 0.3) is 0 Å². The van der Waals surface area contributed by atoms with E-state index in [0.29, 0.717) is 11.1 Å². The van der Waals surface area contributed by atoms with E-state index in [1.807, 2.05) is 0 Å². The van der Waals surface area contributed by atoms with E-state index in [4.69, 9.17) is 0 Å². The Hall–Kier alpha value is -1.69. The van der Waals surface area contributed by atoms with Crippen LogP contribution in [0.15, 0.2) is 48.5 Å². The Morgan fingerprint density at radius 1 is 0.905 bits per heavy atom. The van der Waals surface area contributed by atoms with Crippen molar-refractivity contribution in [1.29, 1.82) is 0 Å². The molecule has 21 heavy (non-hydrogen) atoms. The van der Waals surface area contributed by atoms with Gasteiger partial charge < -0.3 is 0 Å². The van der Waals surface area contributed by atoms with Crippen LogP contribution in [0.3, 0.4) is 0 Å². The Kier molecular flexibility index (Phi) is 4.77. The van der Waals surface area contributed by atoms with Crippen molar-refractivity contribution in [2.75, 3.05) is 0 Å². The summed E-state index contributed by atoms with van der Waals surface area (Å²) < 4.78 is 62.7. The molecule has 112 valence electrons. The molecule has 0 spiro atoms. The summed E-state index contributed by atoms with van der Waals surface area (Å²) in [5.41, 5.74) is 0.141. The second kappa shape index (κ2) is 6.39. The highest BCUT2D eigenvalue weighted by Gasteiger charge is 2.30. The fourth-order valence-corrected chi connectivity index (χ4v) is 3.09. The van der Waals surface area contributed by atoms with Crippen LogP contribution < -0.4 is 0 Å². The second-order valence-electron chi connectivity index (χ2n) is 4.56. The SMILES string of the molecule is O=[S@](Cc1cccc(F)c1)Cc1cccc(C(F)(F)F)c1. The molecule has 0 aromatic heterocycles. The Bertz CT molecular complexity index is 652. The number of benzene rings is 2. The van der Waals surface area contributed by atoms with E-state index in [1.54, 1.807) is 6.07 Å². The largest absolute Gasteiger partial charge is 0.416 e. The number of hydrogen-bond donors (Lipinski definition) is 0. The van der Waals surface area contributed by atoms with Gasteiger partial charge in [0, 0.05) is 22.3 Å². The molecule has 0 saturated carbocycles. The van der Waals surface area contributed by atoms with Gasteiger partial charge in [-0.05, 0) is 29.3 Å². The first kappa shape index (κ1) is 15.7. The summed E-state index contributed by atoms with van der Waals surface area (Å²) in [7, 11) is -1.40. The van der Waals surface area contributed by atoms with Crippen LogP contribution in [0.4, 0.5) is 17.6 Å². The van der Waals surface area contributed by atoms with Crippen LogP contribution >= 0.6 is 0 Å². The standard InChI is InChI=1S/C15H12F4OS/c16-14-6-2-4-12(8-14)10-21(20)9-11-3-1-5-13(7-11)15(17,18)19/h1-8H,9-10H2/t21-/m0/s1. The first-order valence-corrected chi connectivity index (χ1v) is 7.59. The molecule has 0 aliphatic carbocycles. The molecule has 1 atom stereocenters. The minimum absolute atomic E-state index is 0.000430. The van der Waals surface area contributed by atoms with E-state index in [2.05, 4.69) is 0 Å². The van der Waals surface area contributed by atoms with E-state index >= 15 is 0 Å². The van der Waals surface area contributed by atoms with Crippen molar-refractivity contribution in [2.45, 2.75) is 17.7 Å². The smallest absolute Gasteiger partial charge is 0.259 e. The predicted octanol–water partition coefficient (Wildman–Crippen LogP) is 4.29. The number of halogens is 4. The van der Waals surface area contributed by atoms with Crippen molar-refractivity contribution >= 4 is 10.8 Å². The van der Waals surface area contributed by atoms with E-state index in [-0.39, 0.29) is 11.5 Å². The van der Waals surface area contributed by atoms with Crippen LogP contribution in [0.5, 0.6) is 0 Å². The zero-order valence-corrected chi connectivity index (χ0v) is 11.7. The number of hydrogen-bond acceptors (Lipinski definition) is 1. The minimum Gasteiger partial charge on any atom is -0.259 e. The summed E-state index contributed by atoms with van der Waals surface area (Å²) >= 11 is 0. The van der Waals surface area contributed by atoms with Crippen molar-refractivity contribution in [1.82, 2.24) is 0 Å². The highest BCUT2D eigenvalue weighted by atomic mass is 32.2. The maximum absolute atomic E-state index is 13.0. The maximum atomic E-state index is 13.0. The number of alkyl halides is 3. The molecule has 0 aliphatic rings. The summed E-state index contributed by atoms with van der Waals surface area (Å²) in [6.45, 7) is 0. The molecular formula is C15H12F4OS. The molecule has 2 aromatic carbocycles. The van der Waals surface area contributed by atoms with Crippen molar-refractivity contribution < 1.29 is 21.8 Å². The van der Waals surface area contributed by atoms with Crippen LogP contribution in [-0.4, -0.2) is 4.21 Å². The van der Waals surface area contributed by atoms with Crippen molar-refractivity contribution in [2.24, 2.45) is 0 Å². The quantitative estimate of drug-likeness (QED) is 0.769. The third-order valence-electron chi connectivity index (χ3n) is 2.80. The van der Waals surface area contributed by atoms with Gasteiger partial charge in [-0.2, -0.15) is 13.2 Å². The fraction of sp³-hybridized carbons (Fsp3) is 0.200. The molecule has 0 unspecified atom stereocenters. The molecule has 0 saturated heterocycles. The van der Waals surface area contributed by atoms with Crippen LogP contribution in [0.2, 0.25) is 0 Å². The number of rotatable bonds is 4. The lowest BCUT2D eigenvalue weighted by Crippen LogP contribution is -2.06. The Morgan fingerprint density at radius 2 is 1.48 bits per heavy atom. The van der Waals surface area contributed by atoms with Crippen LogP contribution in [0.1, 0.15) is 16.7 Å². The average Bonchev–Trinajstić information content (AvgIpc) is 2.37. The van der Waals surface area contributed by atoms with Crippen molar-refractivity contribution in [3.8, 4) is 0 Å². The van der Waals surface area contributed by atoms with Crippen molar-refractivity contribution in [3.05, 3.63) is 71.0 Å². The second-order valence-corrected chi connectivity index (χ2v) is 6.01. The third kappa shape index (κ3) is 4.67. The highest BCUT2D eigenvalue weighted by Crippen LogP contribution is 2.29. The molecule has 6 heteroatoms. The molecule has 0 fully saturated rings. The van der Waals surface area contributed by atoms with Crippen LogP contribution in [0, 0.1) is 5.82 Å². The molecular weight excluding hydrogens is 304 g/mol. The third-order valence-corrected chi connectivity index (χ3v) is 4.11. The van der Waals surface area contributed by atoms with Gasteiger partial charge in [0.1, 0.15) is 5.82 Å². The zero-order chi connectivity index (χ0) is 15.5. The average molecular weight is 316 g/mol. The van der Waals surface area contributed by atoms with Gasteiger partial charge in [0.25, 0.3) is 0 Å². The lowest BCUT2D eigenvalue weighted by Gasteiger charge is -2.09. The van der Waals surface area contributed by atoms with Gasteiger partial charge in [0.05, 0.1) is 5.56 Å². The molecule has 1 nitrogen and oxygen atoms in total. The molecule has 0 radical (unpaired) electrons. The van der Waals surface area contributed by atoms with E-state index in [0.717, 1.165) is 12.1 Å². The van der Waals surface area contributed by atoms with Crippen LogP contribution in [-0.2, 0) is 28.5 Å². The molecule has 2 aromatic rings. The molecule has 0 aliphatic heterocycles. The van der Waals surface area contributed by atoms with Gasteiger partial charge in [0.15, 0.2) is 0 Å². The Labute approximate surface area is 122 Å². The normalized spacial score (nSPS) is 13.1. The topological polar surface area (TPSA) is 17.1 Å². The van der Waals surface area contributed by atoms with Gasteiger partial charge >= 0.3 is 6.18 Å². The lowest BCUT2D eigenvalue weighted by atomic mass is 10.1. The maximum Gasteiger partial charge on any atom is 0.416 e. The summed E-state index contributed by atoms with van der Waals surface area (Å²) in [4.78, 5) is 0. The van der Waals surface area contributed by atoms with Gasteiger partial charge in [-0.1, -0.05) is 30.3 Å². The molecule has 0 amide bonds. The van der Waals surface area contributed by atoms with Gasteiger partial charge in [-0.15, -0.1) is 0 Å². The predicted molar refractivity (Wildman–Crippen MR) is 73.4 cm³/mol. The van der Waals surface area contributed by atoms with Gasteiger partial charge in [-0.3, -0.25) is 4.21 Å². The summed E-state index contributed by atoms with van der Waals surface area (Å²) in [6, 6.07) is 10.4. The lowest BCUT2D eigenvalue weighted by molar-refractivity contribution is -0.137. The monoisotopic (exact) mass is 316 g/mol. The highest BCUT2D eigenvalue weighted by molar-refractivity contribution is 7.83. The molecule has 0 N–H and O–H groups in total. The van der Waals surface area contributed by atoms with E-state index in [9.17, 15) is 21.8 Å². The zero-order valence-electron chi connectivity index (χ0n) is 10.9. The molecule has 2 rings (SSSR count). The fourth-order valence-electron chi connectivity index (χ4n) is 1.89. The summed E-state index contributed by atoms with van der Waals surface area (Å²) in [6.07, 6.45) is -4.42. The minimum atomic E-state index is -4.42.